The summed E-state index contributed by atoms with van der Waals surface area (Å²) in [5.74, 6) is 0.198. The van der Waals surface area contributed by atoms with Gasteiger partial charge in [-0.2, -0.15) is 0 Å². The van der Waals surface area contributed by atoms with Gasteiger partial charge < -0.3 is 10.6 Å². The first kappa shape index (κ1) is 12.5. The summed E-state index contributed by atoms with van der Waals surface area (Å²) < 4.78 is 0. The number of nitrogens with one attached hydrogen (secondary N) is 2. The number of anilines is 2. The molecule has 2 N–H and O–H groups in total. The van der Waals surface area contributed by atoms with E-state index in [1.54, 1.807) is 0 Å². The predicted octanol–water partition coefficient (Wildman–Crippen LogP) is 3.56. The first-order valence-electron chi connectivity index (χ1n) is 7.36. The van der Waals surface area contributed by atoms with Gasteiger partial charge in [0, 0.05) is 23.3 Å². The van der Waals surface area contributed by atoms with Crippen LogP contribution in [-0.2, 0) is 11.2 Å². The van der Waals surface area contributed by atoms with E-state index < -0.39 is 0 Å². The molecule has 0 saturated heterocycles. The number of fused-ring (bicyclic) bond motifs is 1. The molecular formula is C16H22N2O. The number of carbonyl (C=O) groups excluding carboxylic acids is 1. The van der Waals surface area contributed by atoms with Crippen molar-refractivity contribution in [3.63, 3.8) is 0 Å². The topological polar surface area (TPSA) is 41.1 Å². The largest absolute Gasteiger partial charge is 0.385 e. The van der Waals surface area contributed by atoms with Gasteiger partial charge >= 0.3 is 0 Å². The van der Waals surface area contributed by atoms with Crippen molar-refractivity contribution in [2.75, 3.05) is 17.2 Å². The van der Waals surface area contributed by atoms with Gasteiger partial charge in [-0.25, -0.2) is 0 Å². The third-order valence-corrected chi connectivity index (χ3v) is 4.60. The van der Waals surface area contributed by atoms with Crippen LogP contribution in [0, 0.1) is 5.41 Å². The van der Waals surface area contributed by atoms with Gasteiger partial charge in [0.25, 0.3) is 0 Å². The average molecular weight is 258 g/mol. The summed E-state index contributed by atoms with van der Waals surface area (Å²) in [7, 11) is 0. The Morgan fingerprint density at radius 2 is 2.05 bits per heavy atom. The molecule has 0 bridgehead atoms. The van der Waals surface area contributed by atoms with Crippen molar-refractivity contribution in [2.45, 2.75) is 45.4 Å². The Bertz CT molecular complexity index is 490. The molecule has 1 saturated carbocycles. The van der Waals surface area contributed by atoms with Crippen LogP contribution in [0.1, 0.15) is 44.6 Å². The predicted molar refractivity (Wildman–Crippen MR) is 78.5 cm³/mol. The Labute approximate surface area is 114 Å². The molecule has 0 aromatic heterocycles. The molecule has 1 aliphatic heterocycles. The molecule has 1 amide bonds. The monoisotopic (exact) mass is 258 g/mol. The maximum atomic E-state index is 12.5. The summed E-state index contributed by atoms with van der Waals surface area (Å²) >= 11 is 0. The summed E-state index contributed by atoms with van der Waals surface area (Å²) in [5, 5.41) is 6.58. The fourth-order valence-electron chi connectivity index (χ4n) is 3.28. The van der Waals surface area contributed by atoms with Gasteiger partial charge in [0.15, 0.2) is 0 Å². The van der Waals surface area contributed by atoms with Crippen LogP contribution in [0.25, 0.3) is 0 Å². The zero-order valence-electron chi connectivity index (χ0n) is 11.6. The van der Waals surface area contributed by atoms with Crippen LogP contribution >= 0.6 is 0 Å². The molecule has 1 aromatic rings. The van der Waals surface area contributed by atoms with E-state index in [4.69, 9.17) is 0 Å². The van der Waals surface area contributed by atoms with E-state index in [0.29, 0.717) is 0 Å². The molecule has 3 heteroatoms. The Balaban J connectivity index is 1.82. The molecular weight excluding hydrogens is 236 g/mol. The van der Waals surface area contributed by atoms with Crippen LogP contribution in [0.4, 0.5) is 11.4 Å². The number of hydrogen-bond acceptors (Lipinski definition) is 2. The number of carbonyl (C=O) groups is 1. The van der Waals surface area contributed by atoms with Crippen molar-refractivity contribution in [1.82, 2.24) is 0 Å². The maximum Gasteiger partial charge on any atom is 0.230 e. The van der Waals surface area contributed by atoms with Crippen molar-refractivity contribution in [2.24, 2.45) is 5.41 Å². The summed E-state index contributed by atoms with van der Waals surface area (Å²) in [6, 6.07) is 6.15. The second kappa shape index (κ2) is 4.87. The highest BCUT2D eigenvalue weighted by Crippen LogP contribution is 2.39. The van der Waals surface area contributed by atoms with Gasteiger partial charge in [0.05, 0.1) is 0 Å². The molecule has 0 spiro atoms. The first-order chi connectivity index (χ1) is 9.19. The third-order valence-electron chi connectivity index (χ3n) is 4.60. The number of hydrogen-bond donors (Lipinski definition) is 2. The highest BCUT2D eigenvalue weighted by Gasteiger charge is 2.36. The highest BCUT2D eigenvalue weighted by atomic mass is 16.2. The van der Waals surface area contributed by atoms with Crippen molar-refractivity contribution >= 4 is 17.3 Å². The first-order valence-corrected chi connectivity index (χ1v) is 7.36. The number of amides is 1. The zero-order valence-corrected chi connectivity index (χ0v) is 11.6. The highest BCUT2D eigenvalue weighted by molar-refractivity contribution is 5.96. The summed E-state index contributed by atoms with van der Waals surface area (Å²) in [4.78, 5) is 12.5. The fraction of sp³-hybridized carbons (Fsp3) is 0.562. The average Bonchev–Trinajstić information content (AvgIpc) is 2.87. The smallest absolute Gasteiger partial charge is 0.230 e. The Kier molecular flexibility index (Phi) is 3.21. The summed E-state index contributed by atoms with van der Waals surface area (Å²) in [6.45, 7) is 3.13. The number of benzene rings is 1. The van der Waals surface area contributed by atoms with Crippen molar-refractivity contribution in [3.05, 3.63) is 23.8 Å². The lowest BCUT2D eigenvalue weighted by molar-refractivity contribution is -0.124. The standard InChI is InChI=1S/C16H22N2O/c1-16(9-2-3-10-16)15(19)18-14-8-4-7-13-12(14)6-5-11-17-13/h4,7-8,17H,2-3,5-6,9-11H2,1H3,(H,18,19). The third kappa shape index (κ3) is 2.34. The molecule has 1 aliphatic carbocycles. The lowest BCUT2D eigenvalue weighted by Crippen LogP contribution is -2.31. The second-order valence-corrected chi connectivity index (χ2v) is 6.08. The molecule has 3 nitrogen and oxygen atoms in total. The molecule has 1 fully saturated rings. The van der Waals surface area contributed by atoms with Crippen LogP contribution in [-0.4, -0.2) is 12.5 Å². The van der Waals surface area contributed by atoms with E-state index in [2.05, 4.69) is 23.6 Å². The Hall–Kier alpha value is -1.51. The van der Waals surface area contributed by atoms with Crippen LogP contribution in [0.2, 0.25) is 0 Å². The van der Waals surface area contributed by atoms with Crippen LogP contribution in [0.15, 0.2) is 18.2 Å². The quantitative estimate of drug-likeness (QED) is 0.851. The molecule has 1 heterocycles. The summed E-state index contributed by atoms with van der Waals surface area (Å²) in [6.07, 6.45) is 6.58. The minimum atomic E-state index is -0.162. The van der Waals surface area contributed by atoms with Crippen molar-refractivity contribution in [1.29, 1.82) is 0 Å². The van der Waals surface area contributed by atoms with E-state index in [-0.39, 0.29) is 11.3 Å². The van der Waals surface area contributed by atoms with E-state index in [9.17, 15) is 4.79 Å². The van der Waals surface area contributed by atoms with Gasteiger partial charge in [0.2, 0.25) is 5.91 Å². The molecule has 3 rings (SSSR count). The van der Waals surface area contributed by atoms with Gasteiger partial charge in [-0.3, -0.25) is 4.79 Å². The van der Waals surface area contributed by atoms with Gasteiger partial charge in [-0.1, -0.05) is 25.8 Å². The van der Waals surface area contributed by atoms with E-state index in [1.165, 1.54) is 24.1 Å². The molecule has 0 atom stereocenters. The second-order valence-electron chi connectivity index (χ2n) is 6.08. The minimum Gasteiger partial charge on any atom is -0.385 e. The Morgan fingerprint density at radius 1 is 1.26 bits per heavy atom. The van der Waals surface area contributed by atoms with Crippen molar-refractivity contribution in [3.8, 4) is 0 Å². The van der Waals surface area contributed by atoms with Gasteiger partial charge in [-0.05, 0) is 43.4 Å². The fourth-order valence-corrected chi connectivity index (χ4v) is 3.28. The van der Waals surface area contributed by atoms with Crippen LogP contribution in [0.3, 0.4) is 0 Å². The molecule has 19 heavy (non-hydrogen) atoms. The minimum absolute atomic E-state index is 0.162. The molecule has 1 aromatic carbocycles. The normalized spacial score (nSPS) is 20.5. The van der Waals surface area contributed by atoms with E-state index >= 15 is 0 Å². The van der Waals surface area contributed by atoms with Crippen LogP contribution < -0.4 is 10.6 Å². The molecule has 0 unspecified atom stereocenters. The maximum absolute atomic E-state index is 12.5. The molecule has 0 radical (unpaired) electrons. The van der Waals surface area contributed by atoms with Crippen LogP contribution in [0.5, 0.6) is 0 Å². The number of rotatable bonds is 2. The van der Waals surface area contributed by atoms with Gasteiger partial charge in [0.1, 0.15) is 0 Å². The lowest BCUT2D eigenvalue weighted by atomic mass is 9.87. The van der Waals surface area contributed by atoms with E-state index in [0.717, 1.165) is 37.9 Å². The van der Waals surface area contributed by atoms with Crippen molar-refractivity contribution < 1.29 is 4.79 Å². The van der Waals surface area contributed by atoms with E-state index in [1.807, 2.05) is 12.1 Å². The zero-order chi connectivity index (χ0) is 13.3. The lowest BCUT2D eigenvalue weighted by Gasteiger charge is -2.25. The Morgan fingerprint density at radius 3 is 2.84 bits per heavy atom. The molecule has 102 valence electrons. The SMILES string of the molecule is CC1(C(=O)Nc2cccc3c2CCCN3)CCCC1. The van der Waals surface area contributed by atoms with Gasteiger partial charge in [-0.15, -0.1) is 0 Å². The summed E-state index contributed by atoms with van der Waals surface area (Å²) in [5.41, 5.74) is 3.29. The molecule has 2 aliphatic rings.